The molecule has 0 aliphatic heterocycles. The topological polar surface area (TPSA) is 78.1 Å². The fourth-order valence-corrected chi connectivity index (χ4v) is 1.15. The van der Waals surface area contributed by atoms with Crippen molar-refractivity contribution >= 4 is 0 Å². The van der Waals surface area contributed by atoms with Crippen LogP contribution in [0.2, 0.25) is 0 Å². The molecule has 0 heterocycles. The molecule has 0 amide bonds. The Balaban J connectivity index is -0.000000230. The maximum atomic E-state index is 5.52. The van der Waals surface area contributed by atoms with Crippen LogP contribution in [0.15, 0.2) is 0 Å². The highest BCUT2D eigenvalue weighted by molar-refractivity contribution is 4.56. The summed E-state index contributed by atoms with van der Waals surface area (Å²) >= 11 is 0. The van der Waals surface area contributed by atoms with Gasteiger partial charge in [-0.3, -0.25) is 0 Å². The number of hydrogen-bond acceptors (Lipinski definition) is 3. The van der Waals surface area contributed by atoms with Gasteiger partial charge in [0.05, 0.1) is 0 Å². The quantitative estimate of drug-likeness (QED) is 0.636. The van der Waals surface area contributed by atoms with Crippen molar-refractivity contribution in [3.8, 4) is 0 Å². The molecule has 126 valence electrons. The summed E-state index contributed by atoms with van der Waals surface area (Å²) in [5, 5.41) is 0. The van der Waals surface area contributed by atoms with Crippen molar-refractivity contribution in [3.05, 3.63) is 0 Å². The zero-order valence-corrected chi connectivity index (χ0v) is 15.1. The summed E-state index contributed by atoms with van der Waals surface area (Å²) < 4.78 is 0. The third-order valence-electron chi connectivity index (χ3n) is 3.45. The van der Waals surface area contributed by atoms with Crippen LogP contribution < -0.4 is 17.2 Å². The Hall–Kier alpha value is -0.120. The first-order chi connectivity index (χ1) is 9.42. The highest BCUT2D eigenvalue weighted by Gasteiger charge is 2.00. The third kappa shape index (κ3) is 26.4. The molecule has 0 fully saturated rings. The van der Waals surface area contributed by atoms with Crippen molar-refractivity contribution in [2.75, 3.05) is 19.6 Å². The van der Waals surface area contributed by atoms with Crippen molar-refractivity contribution in [2.24, 2.45) is 35.0 Å². The molecule has 3 nitrogen and oxygen atoms in total. The molecular formula is C17H43N3. The second kappa shape index (κ2) is 21.2. The Morgan fingerprint density at radius 2 is 1.25 bits per heavy atom. The lowest BCUT2D eigenvalue weighted by Crippen LogP contribution is -2.12. The molecule has 0 radical (unpaired) electrons. The van der Waals surface area contributed by atoms with Crippen molar-refractivity contribution in [1.82, 2.24) is 0 Å². The first kappa shape index (κ1) is 24.9. The van der Waals surface area contributed by atoms with E-state index in [1.54, 1.807) is 0 Å². The molecule has 0 aliphatic rings. The van der Waals surface area contributed by atoms with Gasteiger partial charge in [0.1, 0.15) is 0 Å². The van der Waals surface area contributed by atoms with E-state index in [9.17, 15) is 0 Å². The summed E-state index contributed by atoms with van der Waals surface area (Å²) in [5.74, 6) is 2.16. The summed E-state index contributed by atoms with van der Waals surface area (Å²) in [6.45, 7) is 15.4. The normalized spacial score (nSPS) is 12.9. The van der Waals surface area contributed by atoms with E-state index < -0.39 is 0 Å². The molecule has 2 atom stereocenters. The average molecular weight is 290 g/mol. The first-order valence-electron chi connectivity index (χ1n) is 8.53. The van der Waals surface area contributed by atoms with Gasteiger partial charge in [-0.2, -0.15) is 0 Å². The fraction of sp³-hybridized carbons (Fsp3) is 1.00. The lowest BCUT2D eigenvalue weighted by Gasteiger charge is -2.09. The SMILES string of the molecule is CC(C)CN.CCC(C)CN.CCCCC(CC)CN. The summed E-state index contributed by atoms with van der Waals surface area (Å²) in [4.78, 5) is 0. The molecular weight excluding hydrogens is 246 g/mol. The number of rotatable bonds is 8. The molecule has 3 heteroatoms. The van der Waals surface area contributed by atoms with Crippen LogP contribution in [0.3, 0.4) is 0 Å². The maximum absolute atomic E-state index is 5.52. The summed E-state index contributed by atoms with van der Waals surface area (Å²) in [6, 6.07) is 0. The summed E-state index contributed by atoms with van der Waals surface area (Å²) in [6.07, 6.45) is 6.42. The van der Waals surface area contributed by atoms with E-state index in [4.69, 9.17) is 17.2 Å². The van der Waals surface area contributed by atoms with Crippen molar-refractivity contribution < 1.29 is 0 Å². The molecule has 0 saturated heterocycles. The molecule has 0 aromatic rings. The van der Waals surface area contributed by atoms with Crippen molar-refractivity contribution in [3.63, 3.8) is 0 Å². The maximum Gasteiger partial charge on any atom is -0.00490 e. The zero-order valence-electron chi connectivity index (χ0n) is 15.1. The molecule has 0 aromatic carbocycles. The lowest BCUT2D eigenvalue weighted by atomic mass is 10.00. The molecule has 20 heavy (non-hydrogen) atoms. The Kier molecular flexibility index (Phi) is 26.3. The number of nitrogens with two attached hydrogens (primary N) is 3. The van der Waals surface area contributed by atoms with Crippen LogP contribution in [0.4, 0.5) is 0 Å². The Morgan fingerprint density at radius 3 is 1.40 bits per heavy atom. The largest absolute Gasteiger partial charge is 0.330 e. The van der Waals surface area contributed by atoms with Crippen LogP contribution >= 0.6 is 0 Å². The Morgan fingerprint density at radius 1 is 0.750 bits per heavy atom. The monoisotopic (exact) mass is 289 g/mol. The van der Waals surface area contributed by atoms with E-state index >= 15 is 0 Å². The van der Waals surface area contributed by atoms with Gasteiger partial charge in [0.2, 0.25) is 0 Å². The van der Waals surface area contributed by atoms with Crippen LogP contribution in [0.25, 0.3) is 0 Å². The van der Waals surface area contributed by atoms with Crippen LogP contribution in [0.5, 0.6) is 0 Å². The smallest absolute Gasteiger partial charge is 0.00490 e. The molecule has 6 N–H and O–H groups in total. The van der Waals surface area contributed by atoms with Crippen LogP contribution in [0, 0.1) is 17.8 Å². The van der Waals surface area contributed by atoms with Gasteiger partial charge < -0.3 is 17.2 Å². The highest BCUT2D eigenvalue weighted by Crippen LogP contribution is 2.09. The van der Waals surface area contributed by atoms with Gasteiger partial charge in [-0.1, -0.05) is 67.2 Å². The third-order valence-corrected chi connectivity index (χ3v) is 3.45. The van der Waals surface area contributed by atoms with E-state index in [0.717, 1.165) is 25.6 Å². The van der Waals surface area contributed by atoms with Crippen LogP contribution in [-0.4, -0.2) is 19.6 Å². The first-order valence-corrected chi connectivity index (χ1v) is 8.53. The van der Waals surface area contributed by atoms with E-state index in [1.165, 1.54) is 32.1 Å². The minimum absolute atomic E-state index is 0.662. The molecule has 0 spiro atoms. The van der Waals surface area contributed by atoms with Crippen molar-refractivity contribution in [2.45, 2.75) is 73.6 Å². The van der Waals surface area contributed by atoms with Gasteiger partial charge in [0.15, 0.2) is 0 Å². The molecule has 0 rings (SSSR count). The van der Waals surface area contributed by atoms with E-state index in [0.29, 0.717) is 11.8 Å². The predicted molar refractivity (Wildman–Crippen MR) is 94.8 cm³/mol. The van der Waals surface area contributed by atoms with Gasteiger partial charge in [0.25, 0.3) is 0 Å². The summed E-state index contributed by atoms with van der Waals surface area (Å²) in [7, 11) is 0. The van der Waals surface area contributed by atoms with Gasteiger partial charge in [-0.15, -0.1) is 0 Å². The van der Waals surface area contributed by atoms with Gasteiger partial charge in [-0.25, -0.2) is 0 Å². The Labute approximate surface area is 129 Å². The van der Waals surface area contributed by atoms with Gasteiger partial charge in [-0.05, 0) is 43.8 Å². The second-order valence-corrected chi connectivity index (χ2v) is 6.03. The second-order valence-electron chi connectivity index (χ2n) is 6.03. The van der Waals surface area contributed by atoms with Gasteiger partial charge >= 0.3 is 0 Å². The summed E-state index contributed by atoms with van der Waals surface area (Å²) in [5.41, 5.74) is 16.0. The zero-order chi connectivity index (χ0) is 16.4. The van der Waals surface area contributed by atoms with Crippen LogP contribution in [-0.2, 0) is 0 Å². The predicted octanol–water partition coefficient (Wildman–Crippen LogP) is 3.75. The lowest BCUT2D eigenvalue weighted by molar-refractivity contribution is 0.461. The minimum Gasteiger partial charge on any atom is -0.330 e. The molecule has 0 aliphatic carbocycles. The average Bonchev–Trinajstić information content (AvgIpc) is 2.48. The fourth-order valence-electron chi connectivity index (χ4n) is 1.15. The standard InChI is InChI=1S/C8H19N.C5H13N.C4H11N/c1-3-5-6-8(4-2)7-9;1-3-5(2)4-6;1-4(2)3-5/h8H,3-7,9H2,1-2H3;5H,3-4,6H2,1-2H3;4H,3,5H2,1-2H3. The van der Waals surface area contributed by atoms with E-state index in [2.05, 4.69) is 41.5 Å². The molecule has 2 unspecified atom stereocenters. The highest BCUT2D eigenvalue weighted by atomic mass is 14.5. The van der Waals surface area contributed by atoms with E-state index in [-0.39, 0.29) is 0 Å². The minimum atomic E-state index is 0.662. The molecule has 0 bridgehead atoms. The van der Waals surface area contributed by atoms with Gasteiger partial charge in [0, 0.05) is 0 Å². The Bertz CT molecular complexity index is 141. The molecule has 0 aromatic heterocycles. The van der Waals surface area contributed by atoms with Crippen molar-refractivity contribution in [1.29, 1.82) is 0 Å². The molecule has 0 saturated carbocycles. The van der Waals surface area contributed by atoms with E-state index in [1.807, 2.05) is 0 Å². The van der Waals surface area contributed by atoms with Crippen LogP contribution in [0.1, 0.15) is 73.6 Å². The number of hydrogen-bond donors (Lipinski definition) is 3. The number of unbranched alkanes of at least 4 members (excludes halogenated alkanes) is 1.